The van der Waals surface area contributed by atoms with Crippen LogP contribution in [0.15, 0.2) is 67.3 Å². The Balaban J connectivity index is 1.50. The smallest absolute Gasteiger partial charge is 0.206 e. The fourth-order valence-electron chi connectivity index (χ4n) is 4.67. The van der Waals surface area contributed by atoms with E-state index in [9.17, 15) is 17.6 Å². The molecule has 0 aliphatic heterocycles. The lowest BCUT2D eigenvalue weighted by atomic mass is 9.80. The number of fused-ring (bicyclic) bond motifs is 1. The second-order valence-electron chi connectivity index (χ2n) is 8.89. The van der Waals surface area contributed by atoms with Gasteiger partial charge in [0, 0.05) is 34.1 Å². The molecule has 1 fully saturated rings. The number of allylic oxidation sites excluding steroid dienone is 1. The number of hydrogen-bond acceptors (Lipinski definition) is 0. The van der Waals surface area contributed by atoms with Crippen LogP contribution in [0.25, 0.3) is 28.0 Å². The number of rotatable bonds is 5. The van der Waals surface area contributed by atoms with Crippen molar-refractivity contribution in [1.29, 1.82) is 0 Å². The van der Waals surface area contributed by atoms with Crippen LogP contribution >= 0.6 is 0 Å². The van der Waals surface area contributed by atoms with Crippen LogP contribution < -0.4 is 0 Å². The highest BCUT2D eigenvalue weighted by molar-refractivity contribution is 5.89. The summed E-state index contributed by atoms with van der Waals surface area (Å²) in [4.78, 5) is 0. The van der Waals surface area contributed by atoms with Crippen molar-refractivity contribution in [2.45, 2.75) is 38.5 Å². The molecule has 1 aliphatic rings. The van der Waals surface area contributed by atoms with Crippen molar-refractivity contribution in [3.8, 4) is 23.0 Å². The molecule has 174 valence electrons. The average Bonchev–Trinajstić information content (AvgIpc) is 2.83. The Morgan fingerprint density at radius 1 is 0.971 bits per heavy atom. The molecule has 3 aromatic rings. The fourth-order valence-corrected chi connectivity index (χ4v) is 4.67. The van der Waals surface area contributed by atoms with Crippen molar-refractivity contribution in [2.24, 2.45) is 11.8 Å². The zero-order valence-corrected chi connectivity index (χ0v) is 18.9. The topological polar surface area (TPSA) is 0 Å². The monoisotopic (exact) mass is 462 g/mol. The Bertz CT molecular complexity index is 1280. The Kier molecular flexibility index (Phi) is 7.53. The van der Waals surface area contributed by atoms with E-state index in [0.717, 1.165) is 25.2 Å². The molecule has 0 heterocycles. The summed E-state index contributed by atoms with van der Waals surface area (Å²) >= 11 is 0. The van der Waals surface area contributed by atoms with Crippen LogP contribution in [0.2, 0.25) is 0 Å². The van der Waals surface area contributed by atoms with Gasteiger partial charge in [0.2, 0.25) is 0 Å². The highest BCUT2D eigenvalue weighted by Gasteiger charge is 2.19. The van der Waals surface area contributed by atoms with Crippen molar-refractivity contribution >= 4 is 16.8 Å². The highest BCUT2D eigenvalue weighted by atomic mass is 19.3. The van der Waals surface area contributed by atoms with Gasteiger partial charge in [-0.25, -0.2) is 8.78 Å². The van der Waals surface area contributed by atoms with E-state index in [0.29, 0.717) is 34.1 Å². The van der Waals surface area contributed by atoms with Crippen molar-refractivity contribution in [1.82, 2.24) is 0 Å². The largest absolute Gasteiger partial charge is 0.271 e. The zero-order chi connectivity index (χ0) is 24.1. The second kappa shape index (κ2) is 10.7. The minimum absolute atomic E-state index is 0.181. The summed E-state index contributed by atoms with van der Waals surface area (Å²) in [6.07, 6.45) is 7.31. The van der Waals surface area contributed by atoms with Gasteiger partial charge in [-0.15, -0.1) is 6.58 Å². The van der Waals surface area contributed by atoms with Crippen LogP contribution in [0.1, 0.15) is 49.7 Å². The third-order valence-electron chi connectivity index (χ3n) is 6.58. The van der Waals surface area contributed by atoms with Crippen LogP contribution in [-0.2, 0) is 0 Å². The van der Waals surface area contributed by atoms with E-state index in [1.54, 1.807) is 30.3 Å². The lowest BCUT2D eigenvalue weighted by Gasteiger charge is -2.25. The predicted molar refractivity (Wildman–Crippen MR) is 131 cm³/mol. The van der Waals surface area contributed by atoms with Gasteiger partial charge in [0.1, 0.15) is 11.6 Å². The average molecular weight is 463 g/mol. The molecule has 0 unspecified atom stereocenters. The van der Waals surface area contributed by atoms with Gasteiger partial charge >= 0.3 is 0 Å². The standard InChI is InChI=1S/C30H26F4/c1-2-3-4-20-5-7-21(8-6-20)9-10-22-11-15-26(28(31)17-22)23-14-16-27-24(18-23)12-13-25(30(27)34)19-29(32)33/h2,11-21H,1,3-8H2. The lowest BCUT2D eigenvalue weighted by molar-refractivity contribution is 0.303. The summed E-state index contributed by atoms with van der Waals surface area (Å²) in [6.45, 7) is 3.79. The number of halogens is 4. The van der Waals surface area contributed by atoms with Crippen LogP contribution in [-0.4, -0.2) is 0 Å². The maximum atomic E-state index is 14.9. The molecule has 0 amide bonds. The maximum Gasteiger partial charge on any atom is 0.271 e. The molecular weight excluding hydrogens is 436 g/mol. The normalized spacial score (nSPS) is 17.6. The van der Waals surface area contributed by atoms with Gasteiger partial charge in [-0.2, -0.15) is 8.78 Å². The molecule has 0 spiro atoms. The van der Waals surface area contributed by atoms with Gasteiger partial charge in [-0.3, -0.25) is 0 Å². The van der Waals surface area contributed by atoms with E-state index in [1.165, 1.54) is 37.5 Å². The molecule has 3 aromatic carbocycles. The molecule has 0 bridgehead atoms. The van der Waals surface area contributed by atoms with Crippen LogP contribution in [0.4, 0.5) is 17.6 Å². The molecule has 0 radical (unpaired) electrons. The molecule has 0 aromatic heterocycles. The lowest BCUT2D eigenvalue weighted by Crippen LogP contribution is -2.13. The van der Waals surface area contributed by atoms with E-state index < -0.39 is 17.7 Å². The molecule has 1 aliphatic carbocycles. The van der Waals surface area contributed by atoms with E-state index in [1.807, 2.05) is 6.08 Å². The van der Waals surface area contributed by atoms with Gasteiger partial charge < -0.3 is 0 Å². The number of benzene rings is 3. The molecule has 0 nitrogen and oxygen atoms in total. The first kappa shape index (κ1) is 23.8. The molecule has 0 saturated heterocycles. The van der Waals surface area contributed by atoms with Gasteiger partial charge in [-0.1, -0.05) is 48.2 Å². The molecular formula is C30H26F4. The molecule has 4 heteroatoms. The molecule has 1 saturated carbocycles. The molecule has 0 atom stereocenters. The SMILES string of the molecule is C=CCCC1CCC(C#Cc2ccc(-c3ccc4c(F)c(C=C(F)F)ccc4c3)c(F)c2)CC1. The summed E-state index contributed by atoms with van der Waals surface area (Å²) in [5, 5.41) is 0.722. The highest BCUT2D eigenvalue weighted by Crippen LogP contribution is 2.32. The van der Waals surface area contributed by atoms with Gasteiger partial charge in [0.25, 0.3) is 6.08 Å². The third-order valence-corrected chi connectivity index (χ3v) is 6.58. The Hall–Kier alpha value is -3.32. The minimum Gasteiger partial charge on any atom is -0.206 e. The van der Waals surface area contributed by atoms with Crippen molar-refractivity contribution in [2.75, 3.05) is 0 Å². The number of hydrogen-bond donors (Lipinski definition) is 0. The van der Waals surface area contributed by atoms with Crippen LogP contribution in [0.3, 0.4) is 0 Å². The maximum absolute atomic E-state index is 14.9. The Labute approximate surface area is 198 Å². The van der Waals surface area contributed by atoms with Crippen molar-refractivity contribution in [3.05, 3.63) is 90.0 Å². The molecule has 34 heavy (non-hydrogen) atoms. The van der Waals surface area contributed by atoms with E-state index in [2.05, 4.69) is 18.4 Å². The second-order valence-corrected chi connectivity index (χ2v) is 8.89. The van der Waals surface area contributed by atoms with Crippen molar-refractivity contribution < 1.29 is 17.6 Å². The summed E-state index contributed by atoms with van der Waals surface area (Å²) in [5.74, 6) is 6.42. The Morgan fingerprint density at radius 2 is 1.76 bits per heavy atom. The predicted octanol–water partition coefficient (Wildman–Crippen LogP) is 9.15. The first-order valence-electron chi connectivity index (χ1n) is 11.6. The first-order chi connectivity index (χ1) is 16.4. The minimum atomic E-state index is -1.96. The molecule has 4 rings (SSSR count). The summed E-state index contributed by atoms with van der Waals surface area (Å²) in [6, 6.07) is 12.5. The van der Waals surface area contributed by atoms with E-state index in [4.69, 9.17) is 0 Å². The van der Waals surface area contributed by atoms with Gasteiger partial charge in [0.15, 0.2) is 0 Å². The van der Waals surface area contributed by atoms with Crippen molar-refractivity contribution in [3.63, 3.8) is 0 Å². The van der Waals surface area contributed by atoms with Crippen LogP contribution in [0.5, 0.6) is 0 Å². The quantitative estimate of drug-likeness (QED) is 0.201. The van der Waals surface area contributed by atoms with E-state index >= 15 is 0 Å². The first-order valence-corrected chi connectivity index (χ1v) is 11.6. The zero-order valence-electron chi connectivity index (χ0n) is 18.9. The third kappa shape index (κ3) is 5.59. The molecule has 0 N–H and O–H groups in total. The fraction of sp³-hybridized carbons (Fsp3) is 0.267. The summed E-state index contributed by atoms with van der Waals surface area (Å²) in [5.41, 5.74) is 1.42. The van der Waals surface area contributed by atoms with Crippen LogP contribution in [0, 0.1) is 35.3 Å². The summed E-state index contributed by atoms with van der Waals surface area (Å²) in [7, 11) is 0. The van der Waals surface area contributed by atoms with Gasteiger partial charge in [-0.05, 0) is 73.6 Å². The summed E-state index contributed by atoms with van der Waals surface area (Å²) < 4.78 is 54.5. The van der Waals surface area contributed by atoms with Gasteiger partial charge in [0.05, 0.1) is 0 Å². The van der Waals surface area contributed by atoms with E-state index in [-0.39, 0.29) is 10.9 Å². The Morgan fingerprint density at radius 3 is 2.47 bits per heavy atom.